The minimum absolute atomic E-state index is 0.00515. The van der Waals surface area contributed by atoms with Crippen molar-refractivity contribution in [1.82, 2.24) is 10.2 Å². The lowest BCUT2D eigenvalue weighted by molar-refractivity contribution is -0.123. The van der Waals surface area contributed by atoms with Crippen LogP contribution in [0.5, 0.6) is 5.75 Å². The van der Waals surface area contributed by atoms with Gasteiger partial charge in [0.1, 0.15) is 5.75 Å². The van der Waals surface area contributed by atoms with Crippen LogP contribution in [0, 0.1) is 13.8 Å². The fraction of sp³-hybridized carbons (Fsp3) is 0.409. The van der Waals surface area contributed by atoms with Crippen LogP contribution in [0.25, 0.3) is 0 Å². The predicted molar refractivity (Wildman–Crippen MR) is 109 cm³/mol. The van der Waals surface area contributed by atoms with Gasteiger partial charge in [0.05, 0.1) is 0 Å². The summed E-state index contributed by atoms with van der Waals surface area (Å²) in [6.07, 6.45) is 2.56. The summed E-state index contributed by atoms with van der Waals surface area (Å²) in [6.45, 7) is 7.65. The number of ether oxygens (including phenoxy) is 1. The predicted octanol–water partition coefficient (Wildman–Crippen LogP) is 4.25. The van der Waals surface area contributed by atoms with E-state index in [4.69, 9.17) is 16.3 Å². The first kappa shape index (κ1) is 19.7. The quantitative estimate of drug-likeness (QED) is 0.773. The summed E-state index contributed by atoms with van der Waals surface area (Å²) in [4.78, 5) is 14.7. The summed E-state index contributed by atoms with van der Waals surface area (Å²) in [7, 11) is 0. The SMILES string of the molecule is Cc1cc(OCC(=O)NCc2ccccc2CN2CCCC2)cc(C)c1Cl. The Balaban J connectivity index is 1.52. The highest BCUT2D eigenvalue weighted by Gasteiger charge is 2.14. The highest BCUT2D eigenvalue weighted by atomic mass is 35.5. The van der Waals surface area contributed by atoms with Crippen molar-refractivity contribution < 1.29 is 9.53 Å². The Hall–Kier alpha value is -2.04. The number of benzene rings is 2. The van der Waals surface area contributed by atoms with Crippen molar-refractivity contribution in [3.8, 4) is 5.75 Å². The number of carbonyl (C=O) groups is 1. The number of rotatable bonds is 7. The molecule has 1 fully saturated rings. The zero-order valence-corrected chi connectivity index (χ0v) is 16.8. The van der Waals surface area contributed by atoms with Crippen molar-refractivity contribution in [2.24, 2.45) is 0 Å². The van der Waals surface area contributed by atoms with Crippen LogP contribution in [-0.4, -0.2) is 30.5 Å². The number of aryl methyl sites for hydroxylation is 2. The van der Waals surface area contributed by atoms with E-state index in [0.717, 1.165) is 41.3 Å². The van der Waals surface area contributed by atoms with Crippen LogP contribution < -0.4 is 10.1 Å². The van der Waals surface area contributed by atoms with Gasteiger partial charge in [0.15, 0.2) is 6.61 Å². The molecule has 2 aromatic carbocycles. The van der Waals surface area contributed by atoms with Gasteiger partial charge >= 0.3 is 0 Å². The number of nitrogens with one attached hydrogen (secondary N) is 1. The standard InChI is InChI=1S/C22H27ClN2O2/c1-16-11-20(12-17(2)22(16)23)27-15-21(26)24-13-18-7-3-4-8-19(18)14-25-9-5-6-10-25/h3-4,7-8,11-12H,5-6,9-10,13-15H2,1-2H3,(H,24,26). The monoisotopic (exact) mass is 386 g/mol. The van der Waals surface area contributed by atoms with Crippen molar-refractivity contribution in [2.75, 3.05) is 19.7 Å². The van der Waals surface area contributed by atoms with Crippen molar-refractivity contribution in [2.45, 2.75) is 39.8 Å². The number of hydrogen-bond donors (Lipinski definition) is 1. The number of amides is 1. The fourth-order valence-corrected chi connectivity index (χ4v) is 3.56. The molecule has 0 radical (unpaired) electrons. The molecule has 1 N–H and O–H groups in total. The van der Waals surface area contributed by atoms with E-state index >= 15 is 0 Å². The van der Waals surface area contributed by atoms with Crippen LogP contribution in [0.15, 0.2) is 36.4 Å². The van der Waals surface area contributed by atoms with Crippen LogP contribution in [0.2, 0.25) is 5.02 Å². The second-order valence-corrected chi connectivity index (χ2v) is 7.57. The summed E-state index contributed by atoms with van der Waals surface area (Å²) in [5, 5.41) is 3.70. The molecule has 0 spiro atoms. The van der Waals surface area contributed by atoms with E-state index < -0.39 is 0 Å². The molecule has 5 heteroatoms. The van der Waals surface area contributed by atoms with Crippen molar-refractivity contribution in [1.29, 1.82) is 0 Å². The van der Waals surface area contributed by atoms with Gasteiger partial charge in [0, 0.05) is 18.1 Å². The van der Waals surface area contributed by atoms with Crippen molar-refractivity contribution in [3.05, 3.63) is 63.7 Å². The van der Waals surface area contributed by atoms with Crippen LogP contribution in [0.4, 0.5) is 0 Å². The Morgan fingerprint density at radius 1 is 1.11 bits per heavy atom. The second kappa shape index (κ2) is 9.25. The van der Waals surface area contributed by atoms with Gasteiger partial charge < -0.3 is 10.1 Å². The first-order valence-electron chi connectivity index (χ1n) is 9.48. The Morgan fingerprint density at radius 2 is 1.74 bits per heavy atom. The van der Waals surface area contributed by atoms with E-state index in [1.54, 1.807) is 0 Å². The molecule has 1 aliphatic rings. The normalized spacial score (nSPS) is 14.3. The third-order valence-electron chi connectivity index (χ3n) is 4.97. The first-order chi connectivity index (χ1) is 13.0. The molecular formula is C22H27ClN2O2. The average Bonchev–Trinajstić information content (AvgIpc) is 3.16. The summed E-state index contributed by atoms with van der Waals surface area (Å²) >= 11 is 6.17. The van der Waals surface area contributed by atoms with E-state index in [1.165, 1.54) is 18.4 Å². The maximum Gasteiger partial charge on any atom is 0.258 e. The van der Waals surface area contributed by atoms with E-state index in [0.29, 0.717) is 12.3 Å². The molecule has 144 valence electrons. The summed E-state index contributed by atoms with van der Waals surface area (Å²) in [5.74, 6) is 0.537. The number of hydrogen-bond acceptors (Lipinski definition) is 3. The van der Waals surface area contributed by atoms with Crippen LogP contribution >= 0.6 is 11.6 Å². The van der Waals surface area contributed by atoms with Crippen LogP contribution in [0.3, 0.4) is 0 Å². The Kier molecular flexibility index (Phi) is 6.75. The molecule has 0 unspecified atom stereocenters. The summed E-state index contributed by atoms with van der Waals surface area (Å²) in [5.41, 5.74) is 4.34. The van der Waals surface area contributed by atoms with Gasteiger partial charge in [-0.15, -0.1) is 0 Å². The van der Waals surface area contributed by atoms with E-state index in [1.807, 2.05) is 32.0 Å². The van der Waals surface area contributed by atoms with Gasteiger partial charge in [-0.3, -0.25) is 9.69 Å². The Bertz CT molecular complexity index is 778. The Morgan fingerprint density at radius 3 is 2.41 bits per heavy atom. The van der Waals surface area contributed by atoms with Crippen molar-refractivity contribution in [3.63, 3.8) is 0 Å². The molecule has 0 saturated carbocycles. The number of halogens is 1. The fourth-order valence-electron chi connectivity index (χ4n) is 3.45. The van der Waals surface area contributed by atoms with E-state index in [-0.39, 0.29) is 12.5 Å². The molecule has 0 bridgehead atoms. The average molecular weight is 387 g/mol. The minimum Gasteiger partial charge on any atom is -0.484 e. The zero-order valence-electron chi connectivity index (χ0n) is 16.1. The summed E-state index contributed by atoms with van der Waals surface area (Å²) in [6, 6.07) is 12.0. The molecular weight excluding hydrogens is 360 g/mol. The lowest BCUT2D eigenvalue weighted by Crippen LogP contribution is -2.29. The van der Waals surface area contributed by atoms with Crippen LogP contribution in [-0.2, 0) is 17.9 Å². The number of likely N-dealkylation sites (tertiary alicyclic amines) is 1. The smallest absolute Gasteiger partial charge is 0.258 e. The van der Waals surface area contributed by atoms with Gasteiger partial charge in [0.2, 0.25) is 0 Å². The van der Waals surface area contributed by atoms with E-state index in [9.17, 15) is 4.79 Å². The molecule has 1 amide bonds. The largest absolute Gasteiger partial charge is 0.484 e. The molecule has 1 heterocycles. The summed E-state index contributed by atoms with van der Waals surface area (Å²) < 4.78 is 5.63. The molecule has 3 rings (SSSR count). The maximum atomic E-state index is 12.2. The zero-order chi connectivity index (χ0) is 19.2. The molecule has 0 aromatic heterocycles. The second-order valence-electron chi connectivity index (χ2n) is 7.19. The van der Waals surface area contributed by atoms with Gasteiger partial charge in [-0.05, 0) is 74.2 Å². The third kappa shape index (κ3) is 5.47. The Labute approximate surface area is 166 Å². The number of carbonyl (C=O) groups excluding carboxylic acids is 1. The van der Waals surface area contributed by atoms with E-state index in [2.05, 4.69) is 28.4 Å². The third-order valence-corrected chi connectivity index (χ3v) is 5.56. The highest BCUT2D eigenvalue weighted by Crippen LogP contribution is 2.25. The lowest BCUT2D eigenvalue weighted by atomic mass is 10.1. The lowest BCUT2D eigenvalue weighted by Gasteiger charge is -2.18. The van der Waals surface area contributed by atoms with Crippen LogP contribution in [0.1, 0.15) is 35.1 Å². The molecule has 4 nitrogen and oxygen atoms in total. The topological polar surface area (TPSA) is 41.6 Å². The van der Waals surface area contributed by atoms with Gasteiger partial charge in [-0.25, -0.2) is 0 Å². The minimum atomic E-state index is -0.128. The highest BCUT2D eigenvalue weighted by molar-refractivity contribution is 6.32. The molecule has 0 aliphatic carbocycles. The van der Waals surface area contributed by atoms with Gasteiger partial charge in [-0.2, -0.15) is 0 Å². The molecule has 27 heavy (non-hydrogen) atoms. The van der Waals surface area contributed by atoms with Gasteiger partial charge in [0.25, 0.3) is 5.91 Å². The molecule has 2 aromatic rings. The first-order valence-corrected chi connectivity index (χ1v) is 9.86. The number of nitrogens with zero attached hydrogens (tertiary/aromatic N) is 1. The van der Waals surface area contributed by atoms with Crippen molar-refractivity contribution >= 4 is 17.5 Å². The maximum absolute atomic E-state index is 12.2. The molecule has 1 saturated heterocycles. The molecule has 1 aliphatic heterocycles. The van der Waals surface area contributed by atoms with Gasteiger partial charge in [-0.1, -0.05) is 35.9 Å². The molecule has 0 atom stereocenters.